The van der Waals surface area contributed by atoms with E-state index in [9.17, 15) is 8.78 Å². The molecule has 0 aliphatic carbocycles. The summed E-state index contributed by atoms with van der Waals surface area (Å²) in [5.41, 5.74) is 7.42. The molecule has 0 radical (unpaired) electrons. The number of nitrogens with zero attached hydrogens (tertiary/aromatic N) is 2. The van der Waals surface area contributed by atoms with E-state index in [1.54, 1.807) is 13.8 Å². The van der Waals surface area contributed by atoms with Crippen LogP contribution >= 0.6 is 12.2 Å². The van der Waals surface area contributed by atoms with Crippen LogP contribution in [-0.4, -0.2) is 28.2 Å². The smallest absolute Gasteiger partial charge is 0.255 e. The van der Waals surface area contributed by atoms with E-state index >= 15 is 0 Å². The number of aryl methyl sites for hydroxylation is 1. The zero-order valence-electron chi connectivity index (χ0n) is 8.92. The molecule has 0 aliphatic heterocycles. The van der Waals surface area contributed by atoms with Crippen LogP contribution in [0.1, 0.15) is 16.8 Å². The minimum atomic E-state index is -2.47. The number of rotatable bonds is 4. The summed E-state index contributed by atoms with van der Waals surface area (Å²) in [4.78, 5) is 0.118. The number of hydrogen-bond donors (Lipinski definition) is 2. The first-order valence-corrected chi connectivity index (χ1v) is 5.00. The molecule has 1 aromatic heterocycles. The lowest BCUT2D eigenvalue weighted by Gasteiger charge is -2.12. The molecule has 4 nitrogen and oxygen atoms in total. The maximum Gasteiger partial charge on any atom is 0.255 e. The Labute approximate surface area is 97.2 Å². The van der Waals surface area contributed by atoms with Crippen molar-refractivity contribution in [2.75, 3.05) is 11.9 Å². The fraction of sp³-hybridized carbons (Fsp3) is 0.444. The lowest BCUT2D eigenvalue weighted by atomic mass is 10.1. The van der Waals surface area contributed by atoms with Crippen molar-refractivity contribution in [3.63, 3.8) is 0 Å². The molecule has 0 atom stereocenters. The van der Waals surface area contributed by atoms with Gasteiger partial charge in [-0.1, -0.05) is 12.2 Å². The maximum absolute atomic E-state index is 12.1. The summed E-state index contributed by atoms with van der Waals surface area (Å²) in [6.45, 7) is 3.01. The van der Waals surface area contributed by atoms with Crippen LogP contribution in [0.5, 0.6) is 0 Å². The second-order valence-corrected chi connectivity index (χ2v) is 3.71. The number of halogens is 2. The molecule has 0 unspecified atom stereocenters. The molecule has 0 saturated carbocycles. The third kappa shape index (κ3) is 2.82. The van der Waals surface area contributed by atoms with Gasteiger partial charge in [-0.2, -0.15) is 5.10 Å². The first kappa shape index (κ1) is 12.7. The highest BCUT2D eigenvalue weighted by atomic mass is 32.1. The highest BCUT2D eigenvalue weighted by molar-refractivity contribution is 7.80. The lowest BCUT2D eigenvalue weighted by Crippen LogP contribution is -2.20. The van der Waals surface area contributed by atoms with Crippen LogP contribution in [0.2, 0.25) is 0 Å². The Balaban J connectivity index is 3.08. The summed E-state index contributed by atoms with van der Waals surface area (Å²) in [5.74, 6) is 0.205. The Morgan fingerprint density at radius 2 is 2.06 bits per heavy atom. The molecule has 1 aromatic rings. The van der Waals surface area contributed by atoms with Gasteiger partial charge in [0, 0.05) is 0 Å². The fourth-order valence-corrected chi connectivity index (χ4v) is 1.46. The Morgan fingerprint density at radius 1 is 1.44 bits per heavy atom. The fourth-order valence-electron chi connectivity index (χ4n) is 1.21. The number of anilines is 1. The standard InChI is InChI=1S/C9H12F2N4S/c1-4-5(2)14-15-9(7(4)8(12)16)13-3-6(10)11/h6H,3H2,1-2H3,(H2,12,16)(H,13,15). The van der Waals surface area contributed by atoms with Gasteiger partial charge in [0.25, 0.3) is 6.43 Å². The third-order valence-corrected chi connectivity index (χ3v) is 2.33. The van der Waals surface area contributed by atoms with E-state index in [4.69, 9.17) is 18.0 Å². The average Bonchev–Trinajstić information content (AvgIpc) is 2.19. The van der Waals surface area contributed by atoms with Crippen LogP contribution in [0, 0.1) is 13.8 Å². The summed E-state index contributed by atoms with van der Waals surface area (Å²) in [5, 5.41) is 10.1. The average molecular weight is 246 g/mol. The van der Waals surface area contributed by atoms with Crippen molar-refractivity contribution in [2.45, 2.75) is 20.3 Å². The Kier molecular flexibility index (Phi) is 4.05. The second kappa shape index (κ2) is 5.11. The van der Waals surface area contributed by atoms with E-state index in [2.05, 4.69) is 15.5 Å². The van der Waals surface area contributed by atoms with Gasteiger partial charge < -0.3 is 11.1 Å². The number of aromatic nitrogens is 2. The normalized spacial score (nSPS) is 10.6. The highest BCUT2D eigenvalue weighted by Gasteiger charge is 2.14. The van der Waals surface area contributed by atoms with Crippen molar-refractivity contribution in [3.8, 4) is 0 Å². The van der Waals surface area contributed by atoms with E-state index in [-0.39, 0.29) is 10.8 Å². The van der Waals surface area contributed by atoms with Gasteiger partial charge in [0.15, 0.2) is 5.82 Å². The Hall–Kier alpha value is -1.37. The minimum absolute atomic E-state index is 0.118. The Bertz CT molecular complexity index is 409. The van der Waals surface area contributed by atoms with Gasteiger partial charge in [0.05, 0.1) is 17.8 Å². The first-order valence-electron chi connectivity index (χ1n) is 4.59. The van der Waals surface area contributed by atoms with Gasteiger partial charge in [0.1, 0.15) is 4.99 Å². The van der Waals surface area contributed by atoms with Gasteiger partial charge >= 0.3 is 0 Å². The molecular formula is C9H12F2N4S. The van der Waals surface area contributed by atoms with Crippen molar-refractivity contribution >= 4 is 23.0 Å². The summed E-state index contributed by atoms with van der Waals surface area (Å²) < 4.78 is 24.1. The molecule has 16 heavy (non-hydrogen) atoms. The van der Waals surface area contributed by atoms with E-state index in [0.717, 1.165) is 5.56 Å². The number of thiocarbonyl (C=S) groups is 1. The molecule has 0 bridgehead atoms. The van der Waals surface area contributed by atoms with Gasteiger partial charge in [0.2, 0.25) is 0 Å². The maximum atomic E-state index is 12.1. The van der Waals surface area contributed by atoms with Crippen molar-refractivity contribution in [2.24, 2.45) is 5.73 Å². The molecule has 0 fully saturated rings. The second-order valence-electron chi connectivity index (χ2n) is 3.27. The number of nitrogens with one attached hydrogen (secondary N) is 1. The molecule has 0 amide bonds. The van der Waals surface area contributed by atoms with Crippen molar-refractivity contribution in [1.29, 1.82) is 0 Å². The van der Waals surface area contributed by atoms with E-state index in [0.29, 0.717) is 11.3 Å². The molecule has 3 N–H and O–H groups in total. The van der Waals surface area contributed by atoms with Crippen LogP contribution in [0.3, 0.4) is 0 Å². The van der Waals surface area contributed by atoms with E-state index in [1.807, 2.05) is 0 Å². The van der Waals surface area contributed by atoms with Crippen molar-refractivity contribution in [1.82, 2.24) is 10.2 Å². The SMILES string of the molecule is Cc1nnc(NCC(F)F)c(C(N)=S)c1C. The van der Waals surface area contributed by atoms with Crippen LogP contribution in [-0.2, 0) is 0 Å². The quantitative estimate of drug-likeness (QED) is 0.786. The van der Waals surface area contributed by atoms with Gasteiger partial charge in [-0.3, -0.25) is 0 Å². The molecular weight excluding hydrogens is 234 g/mol. The predicted octanol–water partition coefficient (Wildman–Crippen LogP) is 1.40. The van der Waals surface area contributed by atoms with Crippen LogP contribution in [0.4, 0.5) is 14.6 Å². The van der Waals surface area contributed by atoms with Crippen molar-refractivity contribution in [3.05, 3.63) is 16.8 Å². The summed E-state index contributed by atoms with van der Waals surface area (Å²) in [6, 6.07) is 0. The van der Waals surface area contributed by atoms with Crippen molar-refractivity contribution < 1.29 is 8.78 Å². The number of hydrogen-bond acceptors (Lipinski definition) is 4. The molecule has 1 rings (SSSR count). The zero-order valence-corrected chi connectivity index (χ0v) is 9.74. The molecule has 0 saturated heterocycles. The monoisotopic (exact) mass is 246 g/mol. The van der Waals surface area contributed by atoms with Crippen LogP contribution in [0.15, 0.2) is 0 Å². The minimum Gasteiger partial charge on any atom is -0.389 e. The molecule has 0 aromatic carbocycles. The number of alkyl halides is 2. The highest BCUT2D eigenvalue weighted by Crippen LogP contribution is 2.18. The van der Waals surface area contributed by atoms with Gasteiger partial charge in [-0.05, 0) is 19.4 Å². The lowest BCUT2D eigenvalue weighted by molar-refractivity contribution is 0.163. The van der Waals surface area contributed by atoms with Gasteiger partial charge in [-0.25, -0.2) is 8.78 Å². The summed E-state index contributed by atoms with van der Waals surface area (Å²) >= 11 is 4.86. The molecule has 0 spiro atoms. The molecule has 0 aliphatic rings. The Morgan fingerprint density at radius 3 is 2.56 bits per heavy atom. The molecule has 88 valence electrons. The summed E-state index contributed by atoms with van der Waals surface area (Å²) in [6.07, 6.45) is -2.47. The molecule has 7 heteroatoms. The topological polar surface area (TPSA) is 63.8 Å². The predicted molar refractivity (Wildman–Crippen MR) is 61.9 cm³/mol. The van der Waals surface area contributed by atoms with E-state index in [1.165, 1.54) is 0 Å². The van der Waals surface area contributed by atoms with Crippen LogP contribution < -0.4 is 11.1 Å². The number of nitrogens with two attached hydrogens (primary N) is 1. The van der Waals surface area contributed by atoms with Gasteiger partial charge in [-0.15, -0.1) is 5.10 Å². The summed E-state index contributed by atoms with van der Waals surface area (Å²) in [7, 11) is 0. The molecule has 1 heterocycles. The zero-order chi connectivity index (χ0) is 12.3. The first-order chi connectivity index (χ1) is 7.43. The van der Waals surface area contributed by atoms with Crippen LogP contribution in [0.25, 0.3) is 0 Å². The third-order valence-electron chi connectivity index (χ3n) is 2.12. The largest absolute Gasteiger partial charge is 0.389 e. The van der Waals surface area contributed by atoms with E-state index < -0.39 is 13.0 Å².